The van der Waals surface area contributed by atoms with E-state index in [1.165, 1.54) is 12.1 Å². The summed E-state index contributed by atoms with van der Waals surface area (Å²) in [6.07, 6.45) is -3.13. The number of alkyl halides is 3. The molecule has 0 spiro atoms. The summed E-state index contributed by atoms with van der Waals surface area (Å²) in [5.74, 6) is -1.01. The molecule has 1 aliphatic heterocycles. The number of aliphatic carboxylic acids is 1. The second kappa shape index (κ2) is 8.57. The molecule has 0 bridgehead atoms. The van der Waals surface area contributed by atoms with Crippen molar-refractivity contribution in [3.8, 4) is 0 Å². The molecule has 0 aliphatic carbocycles. The largest absolute Gasteiger partial charge is 0.481 e. The van der Waals surface area contributed by atoms with Crippen molar-refractivity contribution >= 4 is 5.97 Å². The van der Waals surface area contributed by atoms with E-state index >= 15 is 0 Å². The summed E-state index contributed by atoms with van der Waals surface area (Å²) in [5.41, 5.74) is 1.87. The van der Waals surface area contributed by atoms with Gasteiger partial charge >= 0.3 is 12.1 Å². The Morgan fingerprint density at radius 2 is 1.72 bits per heavy atom. The van der Waals surface area contributed by atoms with E-state index in [2.05, 4.69) is 13.8 Å². The van der Waals surface area contributed by atoms with Crippen LogP contribution in [0.1, 0.15) is 60.9 Å². The van der Waals surface area contributed by atoms with Gasteiger partial charge in [0.1, 0.15) is 0 Å². The Labute approximate surface area is 169 Å². The molecule has 0 saturated carbocycles. The van der Waals surface area contributed by atoms with Crippen molar-refractivity contribution in [2.24, 2.45) is 5.92 Å². The lowest BCUT2D eigenvalue weighted by Crippen LogP contribution is -2.41. The highest BCUT2D eigenvalue weighted by molar-refractivity contribution is 5.70. The smallest absolute Gasteiger partial charge is 0.416 e. The van der Waals surface area contributed by atoms with E-state index in [-0.39, 0.29) is 0 Å². The van der Waals surface area contributed by atoms with Crippen molar-refractivity contribution < 1.29 is 23.1 Å². The molecule has 1 saturated heterocycles. The quantitative estimate of drug-likeness (QED) is 0.692. The predicted molar refractivity (Wildman–Crippen MR) is 106 cm³/mol. The van der Waals surface area contributed by atoms with E-state index in [0.717, 1.165) is 17.2 Å². The zero-order valence-corrected chi connectivity index (χ0v) is 16.6. The lowest BCUT2D eigenvalue weighted by atomic mass is 9.90. The van der Waals surface area contributed by atoms with Gasteiger partial charge < -0.3 is 5.11 Å². The van der Waals surface area contributed by atoms with Crippen molar-refractivity contribution in [2.45, 2.75) is 44.8 Å². The Kier molecular flexibility index (Phi) is 6.32. The molecule has 156 valence electrons. The van der Waals surface area contributed by atoms with Crippen LogP contribution < -0.4 is 0 Å². The number of carboxylic acids is 1. The highest BCUT2D eigenvalue weighted by Gasteiger charge is 2.34. The number of benzene rings is 2. The van der Waals surface area contributed by atoms with E-state index in [1.54, 1.807) is 6.07 Å². The molecule has 2 atom stereocenters. The van der Waals surface area contributed by atoms with Gasteiger partial charge in [0.2, 0.25) is 0 Å². The third kappa shape index (κ3) is 4.99. The summed E-state index contributed by atoms with van der Waals surface area (Å²) in [6, 6.07) is 12.9. The summed E-state index contributed by atoms with van der Waals surface area (Å²) in [7, 11) is 0. The lowest BCUT2D eigenvalue weighted by Gasteiger charge is -2.38. The number of nitrogens with zero attached hydrogens (tertiary/aromatic N) is 1. The van der Waals surface area contributed by atoms with E-state index in [0.29, 0.717) is 37.4 Å². The van der Waals surface area contributed by atoms with E-state index < -0.39 is 29.7 Å². The Bertz CT molecular complexity index is 846. The van der Waals surface area contributed by atoms with E-state index in [4.69, 9.17) is 0 Å². The minimum absolute atomic E-state index is 0.322. The zero-order chi connectivity index (χ0) is 21.2. The van der Waals surface area contributed by atoms with Gasteiger partial charge in [0.15, 0.2) is 0 Å². The van der Waals surface area contributed by atoms with E-state index in [9.17, 15) is 23.1 Å². The average Bonchev–Trinajstić information content (AvgIpc) is 2.68. The van der Waals surface area contributed by atoms with Gasteiger partial charge in [-0.05, 0) is 54.1 Å². The van der Waals surface area contributed by atoms with Gasteiger partial charge in [-0.15, -0.1) is 0 Å². The predicted octanol–water partition coefficient (Wildman–Crippen LogP) is 5.71. The molecule has 2 aromatic carbocycles. The Morgan fingerprint density at radius 1 is 1.07 bits per heavy atom. The molecule has 1 heterocycles. The van der Waals surface area contributed by atoms with Crippen LogP contribution in [0.2, 0.25) is 0 Å². The summed E-state index contributed by atoms with van der Waals surface area (Å²) in [5, 5.41) is 9.45. The Morgan fingerprint density at radius 3 is 2.31 bits per heavy atom. The molecule has 0 aromatic heterocycles. The number of carboxylic acid groups (broad SMARTS) is 1. The molecule has 29 heavy (non-hydrogen) atoms. The minimum atomic E-state index is -4.42. The highest BCUT2D eigenvalue weighted by Crippen LogP contribution is 2.36. The average molecular weight is 405 g/mol. The van der Waals surface area contributed by atoms with Crippen molar-refractivity contribution in [3.05, 3.63) is 70.8 Å². The van der Waals surface area contributed by atoms with Crippen LogP contribution in [0.5, 0.6) is 0 Å². The van der Waals surface area contributed by atoms with Gasteiger partial charge in [0.05, 0.1) is 17.5 Å². The van der Waals surface area contributed by atoms with Gasteiger partial charge in [-0.1, -0.05) is 50.2 Å². The van der Waals surface area contributed by atoms with Crippen molar-refractivity contribution in [1.82, 2.24) is 4.90 Å². The number of halogens is 3. The van der Waals surface area contributed by atoms with Gasteiger partial charge in [-0.2, -0.15) is 13.2 Å². The van der Waals surface area contributed by atoms with Crippen molar-refractivity contribution in [2.75, 3.05) is 13.1 Å². The van der Waals surface area contributed by atoms with Crippen LogP contribution in [0.4, 0.5) is 13.2 Å². The van der Waals surface area contributed by atoms with Crippen LogP contribution in [0.25, 0.3) is 0 Å². The molecule has 0 amide bonds. The first kappa shape index (κ1) is 21.4. The molecule has 3 rings (SSSR count). The molecular formula is C23H26F3NO2. The summed E-state index contributed by atoms with van der Waals surface area (Å²) >= 11 is 0. The number of rotatable bonds is 5. The monoisotopic (exact) mass is 405 g/mol. The second-order valence-electron chi connectivity index (χ2n) is 8.02. The number of likely N-dealkylation sites (tertiary alicyclic amines) is 1. The maximum Gasteiger partial charge on any atom is 0.416 e. The minimum Gasteiger partial charge on any atom is -0.481 e. The van der Waals surface area contributed by atoms with Gasteiger partial charge in [0.25, 0.3) is 0 Å². The first-order valence-electron chi connectivity index (χ1n) is 9.90. The number of hydrogen-bond donors (Lipinski definition) is 1. The maximum atomic E-state index is 13.3. The molecule has 0 radical (unpaired) electrons. The second-order valence-corrected chi connectivity index (χ2v) is 8.02. The standard InChI is InChI=1S/C23H26F3NO2/c1-15(2)16-8-10-17(11-9-16)21(27-12-4-6-19(14-27)22(28)29)18-5-3-7-20(13-18)23(24,25)26/h3,5,7-11,13,15,19,21H,4,6,12,14H2,1-2H3,(H,28,29). The van der Waals surface area contributed by atoms with Crippen LogP contribution in [0.3, 0.4) is 0 Å². The van der Waals surface area contributed by atoms with Gasteiger partial charge in [0, 0.05) is 6.54 Å². The van der Waals surface area contributed by atoms with Crippen LogP contribution in [-0.2, 0) is 11.0 Å². The van der Waals surface area contributed by atoms with Gasteiger partial charge in [-0.3, -0.25) is 9.69 Å². The fraction of sp³-hybridized carbons (Fsp3) is 0.435. The third-order valence-electron chi connectivity index (χ3n) is 5.62. The summed E-state index contributed by atoms with van der Waals surface area (Å²) in [6.45, 7) is 5.14. The molecule has 2 unspecified atom stereocenters. The SMILES string of the molecule is CC(C)c1ccc(C(c2cccc(C(F)(F)F)c2)N2CCCC(C(=O)O)C2)cc1. The normalized spacial score (nSPS) is 19.3. The number of carbonyl (C=O) groups is 1. The van der Waals surface area contributed by atoms with Crippen LogP contribution >= 0.6 is 0 Å². The first-order chi connectivity index (χ1) is 13.7. The Balaban J connectivity index is 2.03. The highest BCUT2D eigenvalue weighted by atomic mass is 19.4. The lowest BCUT2D eigenvalue weighted by molar-refractivity contribution is -0.143. The van der Waals surface area contributed by atoms with Crippen LogP contribution in [0.15, 0.2) is 48.5 Å². The molecule has 1 N–H and O–H groups in total. The van der Waals surface area contributed by atoms with Crippen molar-refractivity contribution in [3.63, 3.8) is 0 Å². The van der Waals surface area contributed by atoms with Gasteiger partial charge in [-0.25, -0.2) is 0 Å². The molecule has 1 fully saturated rings. The van der Waals surface area contributed by atoms with Crippen LogP contribution in [-0.4, -0.2) is 29.1 Å². The molecular weight excluding hydrogens is 379 g/mol. The molecule has 2 aromatic rings. The summed E-state index contributed by atoms with van der Waals surface area (Å²) < 4.78 is 39.9. The number of piperidine rings is 1. The molecule has 1 aliphatic rings. The van der Waals surface area contributed by atoms with Crippen molar-refractivity contribution in [1.29, 1.82) is 0 Å². The fourth-order valence-electron chi connectivity index (χ4n) is 4.00. The summed E-state index contributed by atoms with van der Waals surface area (Å²) in [4.78, 5) is 13.5. The first-order valence-corrected chi connectivity index (χ1v) is 9.90. The topological polar surface area (TPSA) is 40.5 Å². The zero-order valence-electron chi connectivity index (χ0n) is 16.6. The van der Waals surface area contributed by atoms with E-state index in [1.807, 2.05) is 29.2 Å². The maximum absolute atomic E-state index is 13.3. The molecule has 3 nitrogen and oxygen atoms in total. The third-order valence-corrected chi connectivity index (χ3v) is 5.62. The van der Waals surface area contributed by atoms with Crippen LogP contribution in [0, 0.1) is 5.92 Å². The Hall–Kier alpha value is -2.34. The molecule has 6 heteroatoms. The number of hydrogen-bond acceptors (Lipinski definition) is 2. The fourth-order valence-corrected chi connectivity index (χ4v) is 4.00.